The summed E-state index contributed by atoms with van der Waals surface area (Å²) >= 11 is 0. The molecule has 20 heavy (non-hydrogen) atoms. The third-order valence-corrected chi connectivity index (χ3v) is 4.42. The molecule has 0 saturated heterocycles. The molecule has 0 aromatic heterocycles. The van der Waals surface area contributed by atoms with Crippen LogP contribution in [-0.4, -0.2) is 25.2 Å². The minimum absolute atomic E-state index is 0.184. The molecule has 2 aliphatic carbocycles. The van der Waals surface area contributed by atoms with Gasteiger partial charge in [0.15, 0.2) is 5.54 Å². The van der Waals surface area contributed by atoms with E-state index in [4.69, 9.17) is 15.2 Å². The van der Waals surface area contributed by atoms with Crippen LogP contribution in [0.3, 0.4) is 0 Å². The summed E-state index contributed by atoms with van der Waals surface area (Å²) in [6.45, 7) is 0.184. The molecule has 0 aliphatic heterocycles. The largest absolute Gasteiger partial charge is 0.491 e. The molecule has 1 fully saturated rings. The van der Waals surface area contributed by atoms with Crippen molar-refractivity contribution in [3.05, 3.63) is 29.3 Å². The van der Waals surface area contributed by atoms with E-state index in [1.54, 1.807) is 0 Å². The summed E-state index contributed by atoms with van der Waals surface area (Å²) in [4.78, 5) is 11.9. The van der Waals surface area contributed by atoms with Gasteiger partial charge in [0, 0.05) is 0 Å². The summed E-state index contributed by atoms with van der Waals surface area (Å²) < 4.78 is 10.6. The van der Waals surface area contributed by atoms with Gasteiger partial charge >= 0.3 is 5.97 Å². The average Bonchev–Trinajstić information content (AvgIpc) is 3.22. The standard InChI is InChI=1S/C16H21NO3/c1-19-15(18)16(17,13-6-7-13)10-20-14-8-5-11-3-2-4-12(11)9-14/h5,8-9,13H,2-4,6-7,10,17H2,1H3. The normalized spacial score (nSPS) is 20.1. The van der Waals surface area contributed by atoms with Gasteiger partial charge in [-0.1, -0.05) is 6.07 Å². The summed E-state index contributed by atoms with van der Waals surface area (Å²) in [6.07, 6.45) is 5.42. The second-order valence-electron chi connectivity index (χ2n) is 5.88. The Hall–Kier alpha value is -1.55. The van der Waals surface area contributed by atoms with Crippen LogP contribution in [0.5, 0.6) is 5.75 Å². The van der Waals surface area contributed by atoms with Gasteiger partial charge in [-0.3, -0.25) is 0 Å². The Morgan fingerprint density at radius 2 is 2.10 bits per heavy atom. The Morgan fingerprint density at radius 1 is 1.35 bits per heavy atom. The second kappa shape index (κ2) is 5.09. The highest BCUT2D eigenvalue weighted by molar-refractivity contribution is 5.81. The molecule has 0 bridgehead atoms. The molecule has 2 N–H and O–H groups in total. The summed E-state index contributed by atoms with van der Waals surface area (Å²) in [6, 6.07) is 6.16. The van der Waals surface area contributed by atoms with Gasteiger partial charge < -0.3 is 15.2 Å². The lowest BCUT2D eigenvalue weighted by atomic mass is 9.96. The molecule has 1 unspecified atom stereocenters. The van der Waals surface area contributed by atoms with Crippen LogP contribution in [0.1, 0.15) is 30.4 Å². The molecule has 1 atom stereocenters. The predicted octanol–water partition coefficient (Wildman–Crippen LogP) is 1.83. The van der Waals surface area contributed by atoms with Crippen LogP contribution >= 0.6 is 0 Å². The van der Waals surface area contributed by atoms with Crippen LogP contribution < -0.4 is 10.5 Å². The highest BCUT2D eigenvalue weighted by Gasteiger charge is 2.49. The lowest BCUT2D eigenvalue weighted by Gasteiger charge is -2.26. The molecular formula is C16H21NO3. The van der Waals surface area contributed by atoms with Gasteiger partial charge in [-0.15, -0.1) is 0 Å². The number of esters is 1. The summed E-state index contributed by atoms with van der Waals surface area (Å²) in [7, 11) is 1.38. The number of fused-ring (bicyclic) bond motifs is 1. The maximum atomic E-state index is 11.9. The van der Waals surface area contributed by atoms with Gasteiger partial charge in [-0.2, -0.15) is 0 Å². The number of carbonyl (C=O) groups is 1. The van der Waals surface area contributed by atoms with Gasteiger partial charge in [0.25, 0.3) is 0 Å². The summed E-state index contributed by atoms with van der Waals surface area (Å²) in [5.74, 6) is 0.607. The van der Waals surface area contributed by atoms with Crippen molar-refractivity contribution in [2.75, 3.05) is 13.7 Å². The van der Waals surface area contributed by atoms with Crippen molar-refractivity contribution in [1.29, 1.82) is 0 Å². The number of hydrogen-bond acceptors (Lipinski definition) is 4. The van der Waals surface area contributed by atoms with Crippen molar-refractivity contribution in [3.8, 4) is 5.75 Å². The Balaban J connectivity index is 1.70. The number of carbonyl (C=O) groups excluding carboxylic acids is 1. The Bertz CT molecular complexity index is 524. The summed E-state index contributed by atoms with van der Waals surface area (Å²) in [5, 5.41) is 0. The van der Waals surface area contributed by atoms with Crippen LogP contribution in [0.4, 0.5) is 0 Å². The first-order chi connectivity index (χ1) is 9.63. The molecule has 0 radical (unpaired) electrons. The highest BCUT2D eigenvalue weighted by atomic mass is 16.5. The van der Waals surface area contributed by atoms with Gasteiger partial charge in [-0.05, 0) is 61.3 Å². The fraction of sp³-hybridized carbons (Fsp3) is 0.562. The molecule has 108 valence electrons. The van der Waals surface area contributed by atoms with Crippen molar-refractivity contribution in [2.24, 2.45) is 11.7 Å². The maximum Gasteiger partial charge on any atom is 0.329 e. The van der Waals surface area contributed by atoms with Crippen molar-refractivity contribution in [3.63, 3.8) is 0 Å². The lowest BCUT2D eigenvalue weighted by Crippen LogP contribution is -2.55. The van der Waals surface area contributed by atoms with Crippen LogP contribution in [0, 0.1) is 5.92 Å². The monoisotopic (exact) mass is 275 g/mol. The van der Waals surface area contributed by atoms with Gasteiger partial charge in [0.2, 0.25) is 0 Å². The number of aryl methyl sites for hydroxylation is 2. The highest BCUT2D eigenvalue weighted by Crippen LogP contribution is 2.39. The van der Waals surface area contributed by atoms with Crippen LogP contribution in [-0.2, 0) is 22.4 Å². The van der Waals surface area contributed by atoms with Crippen LogP contribution in [0.2, 0.25) is 0 Å². The zero-order valence-electron chi connectivity index (χ0n) is 11.9. The van der Waals surface area contributed by atoms with Gasteiger partial charge in [0.05, 0.1) is 7.11 Å². The SMILES string of the molecule is COC(=O)C(N)(COc1ccc2c(c1)CCC2)C1CC1. The first-order valence-corrected chi connectivity index (χ1v) is 7.25. The number of methoxy groups -OCH3 is 1. The topological polar surface area (TPSA) is 61.5 Å². The third kappa shape index (κ3) is 2.40. The second-order valence-corrected chi connectivity index (χ2v) is 5.88. The van der Waals surface area contributed by atoms with Crippen LogP contribution in [0.15, 0.2) is 18.2 Å². The van der Waals surface area contributed by atoms with E-state index in [2.05, 4.69) is 12.1 Å². The molecule has 1 saturated carbocycles. The predicted molar refractivity (Wildman–Crippen MR) is 75.6 cm³/mol. The molecular weight excluding hydrogens is 254 g/mol. The zero-order valence-corrected chi connectivity index (χ0v) is 11.9. The molecule has 0 heterocycles. The van der Waals surface area contributed by atoms with E-state index < -0.39 is 5.54 Å². The molecule has 1 aromatic rings. The van der Waals surface area contributed by atoms with Gasteiger partial charge in [-0.25, -0.2) is 4.79 Å². The first kappa shape index (κ1) is 13.4. The van der Waals surface area contributed by atoms with Crippen molar-refractivity contribution < 1.29 is 14.3 Å². The molecule has 0 spiro atoms. The Morgan fingerprint density at radius 3 is 2.80 bits per heavy atom. The third-order valence-electron chi connectivity index (χ3n) is 4.42. The van der Waals surface area contributed by atoms with Crippen molar-refractivity contribution >= 4 is 5.97 Å². The quantitative estimate of drug-likeness (QED) is 0.833. The number of ether oxygens (including phenoxy) is 2. The van der Waals surface area contributed by atoms with E-state index in [0.29, 0.717) is 0 Å². The minimum atomic E-state index is -1.01. The lowest BCUT2D eigenvalue weighted by molar-refractivity contribution is -0.149. The Labute approximate surface area is 119 Å². The minimum Gasteiger partial charge on any atom is -0.491 e. The first-order valence-electron chi connectivity index (χ1n) is 7.25. The summed E-state index contributed by atoms with van der Waals surface area (Å²) in [5.41, 5.74) is 7.98. The van der Waals surface area contributed by atoms with E-state index in [1.807, 2.05) is 6.07 Å². The average molecular weight is 275 g/mol. The number of benzene rings is 1. The van der Waals surface area contributed by atoms with Crippen LogP contribution in [0.25, 0.3) is 0 Å². The Kier molecular flexibility index (Phi) is 3.42. The smallest absolute Gasteiger partial charge is 0.329 e. The molecule has 0 amide bonds. The number of hydrogen-bond donors (Lipinski definition) is 1. The molecule has 4 nitrogen and oxygen atoms in total. The molecule has 3 rings (SSSR count). The van der Waals surface area contributed by atoms with Crippen molar-refractivity contribution in [1.82, 2.24) is 0 Å². The van der Waals surface area contributed by atoms with E-state index >= 15 is 0 Å². The van der Waals surface area contributed by atoms with E-state index in [0.717, 1.165) is 31.4 Å². The molecule has 1 aromatic carbocycles. The van der Waals surface area contributed by atoms with E-state index in [-0.39, 0.29) is 18.5 Å². The molecule has 4 heteroatoms. The fourth-order valence-electron chi connectivity index (χ4n) is 2.97. The van der Waals surface area contributed by atoms with E-state index in [9.17, 15) is 4.79 Å². The molecule has 2 aliphatic rings. The van der Waals surface area contributed by atoms with Gasteiger partial charge in [0.1, 0.15) is 12.4 Å². The maximum absolute atomic E-state index is 11.9. The number of nitrogens with two attached hydrogens (primary N) is 1. The zero-order chi connectivity index (χ0) is 14.2. The number of rotatable bonds is 5. The van der Waals surface area contributed by atoms with E-state index in [1.165, 1.54) is 24.7 Å². The fourth-order valence-corrected chi connectivity index (χ4v) is 2.97. The van der Waals surface area contributed by atoms with Crippen molar-refractivity contribution in [2.45, 2.75) is 37.6 Å².